The third-order valence-electron chi connectivity index (χ3n) is 2.85. The molecule has 0 aliphatic carbocycles. The number of hydrogen-bond donors (Lipinski definition) is 1. The van der Waals surface area contributed by atoms with Crippen molar-refractivity contribution in [1.29, 1.82) is 0 Å². The zero-order valence-corrected chi connectivity index (χ0v) is 10.4. The van der Waals surface area contributed by atoms with E-state index in [1.807, 2.05) is 24.3 Å². The van der Waals surface area contributed by atoms with Gasteiger partial charge in [-0.15, -0.1) is 0 Å². The van der Waals surface area contributed by atoms with Crippen molar-refractivity contribution in [2.24, 2.45) is 0 Å². The first kappa shape index (κ1) is 12.7. The average molecular weight is 244 g/mol. The SMILES string of the molecule is CCCNC(c1ccncc1)c1ccccc1F. The highest BCUT2D eigenvalue weighted by Gasteiger charge is 2.16. The lowest BCUT2D eigenvalue weighted by atomic mass is 9.99. The minimum absolute atomic E-state index is 0.117. The molecule has 0 saturated heterocycles. The molecule has 2 nitrogen and oxygen atoms in total. The van der Waals surface area contributed by atoms with Gasteiger partial charge in [0.15, 0.2) is 0 Å². The lowest BCUT2D eigenvalue weighted by Crippen LogP contribution is -2.24. The molecular weight excluding hydrogens is 227 g/mol. The molecule has 0 saturated carbocycles. The summed E-state index contributed by atoms with van der Waals surface area (Å²) >= 11 is 0. The number of hydrogen-bond acceptors (Lipinski definition) is 2. The molecule has 0 aliphatic rings. The molecule has 2 aromatic rings. The number of aromatic nitrogens is 1. The Morgan fingerprint density at radius 1 is 1.17 bits per heavy atom. The first-order chi connectivity index (χ1) is 8.83. The van der Waals surface area contributed by atoms with Gasteiger partial charge in [-0.25, -0.2) is 4.39 Å². The molecule has 2 rings (SSSR count). The van der Waals surface area contributed by atoms with Gasteiger partial charge in [0.25, 0.3) is 0 Å². The molecule has 0 aliphatic heterocycles. The Kier molecular flexibility index (Phi) is 4.42. The van der Waals surface area contributed by atoms with Gasteiger partial charge >= 0.3 is 0 Å². The largest absolute Gasteiger partial charge is 0.306 e. The van der Waals surface area contributed by atoms with Gasteiger partial charge in [-0.05, 0) is 36.7 Å². The van der Waals surface area contributed by atoms with E-state index in [0.717, 1.165) is 18.5 Å². The molecule has 0 fully saturated rings. The maximum atomic E-state index is 13.9. The number of benzene rings is 1. The highest BCUT2D eigenvalue weighted by Crippen LogP contribution is 2.23. The number of halogens is 1. The summed E-state index contributed by atoms with van der Waals surface area (Å²) in [6.07, 6.45) is 4.48. The zero-order valence-electron chi connectivity index (χ0n) is 10.4. The highest BCUT2D eigenvalue weighted by atomic mass is 19.1. The molecule has 1 aromatic carbocycles. The van der Waals surface area contributed by atoms with Crippen LogP contribution < -0.4 is 5.32 Å². The fraction of sp³-hybridized carbons (Fsp3) is 0.267. The summed E-state index contributed by atoms with van der Waals surface area (Å²) in [5, 5.41) is 3.38. The number of pyridine rings is 1. The van der Waals surface area contributed by atoms with E-state index in [9.17, 15) is 4.39 Å². The zero-order chi connectivity index (χ0) is 12.8. The minimum Gasteiger partial charge on any atom is -0.306 e. The van der Waals surface area contributed by atoms with E-state index in [0.29, 0.717) is 5.56 Å². The second-order valence-electron chi connectivity index (χ2n) is 4.19. The normalized spacial score (nSPS) is 12.3. The number of nitrogens with zero attached hydrogens (tertiary/aromatic N) is 1. The summed E-state index contributed by atoms with van der Waals surface area (Å²) in [4.78, 5) is 4.00. The van der Waals surface area contributed by atoms with Crippen LogP contribution in [0.15, 0.2) is 48.8 Å². The molecule has 0 bridgehead atoms. The predicted octanol–water partition coefficient (Wildman–Crippen LogP) is 3.31. The van der Waals surface area contributed by atoms with Crippen molar-refractivity contribution in [1.82, 2.24) is 10.3 Å². The van der Waals surface area contributed by atoms with E-state index in [4.69, 9.17) is 0 Å². The molecule has 0 amide bonds. The van der Waals surface area contributed by atoms with Gasteiger partial charge in [-0.3, -0.25) is 4.98 Å². The summed E-state index contributed by atoms with van der Waals surface area (Å²) in [7, 11) is 0. The molecule has 1 unspecified atom stereocenters. The predicted molar refractivity (Wildman–Crippen MR) is 70.8 cm³/mol. The van der Waals surface area contributed by atoms with Crippen LogP contribution in [0.3, 0.4) is 0 Å². The maximum absolute atomic E-state index is 13.9. The minimum atomic E-state index is -0.178. The summed E-state index contributed by atoms with van der Waals surface area (Å²) < 4.78 is 13.9. The lowest BCUT2D eigenvalue weighted by molar-refractivity contribution is 0.546. The van der Waals surface area contributed by atoms with Gasteiger partial charge < -0.3 is 5.32 Å². The molecule has 3 heteroatoms. The van der Waals surface area contributed by atoms with Crippen molar-refractivity contribution in [2.45, 2.75) is 19.4 Å². The molecule has 0 radical (unpaired) electrons. The van der Waals surface area contributed by atoms with Crippen LogP contribution >= 0.6 is 0 Å². The molecule has 1 aromatic heterocycles. The molecule has 0 spiro atoms. The highest BCUT2D eigenvalue weighted by molar-refractivity contribution is 5.31. The Morgan fingerprint density at radius 3 is 2.56 bits per heavy atom. The summed E-state index contributed by atoms with van der Waals surface area (Å²) in [6, 6.07) is 10.6. The van der Waals surface area contributed by atoms with Gasteiger partial charge in [0.1, 0.15) is 5.82 Å². The summed E-state index contributed by atoms with van der Waals surface area (Å²) in [6.45, 7) is 2.94. The maximum Gasteiger partial charge on any atom is 0.128 e. The van der Waals surface area contributed by atoms with Crippen LogP contribution in [0.25, 0.3) is 0 Å². The first-order valence-corrected chi connectivity index (χ1v) is 6.20. The van der Waals surface area contributed by atoms with Gasteiger partial charge in [0.05, 0.1) is 6.04 Å². The number of rotatable bonds is 5. The van der Waals surface area contributed by atoms with Crippen LogP contribution in [0, 0.1) is 5.82 Å². The van der Waals surface area contributed by atoms with Gasteiger partial charge in [0, 0.05) is 18.0 Å². The standard InChI is InChI=1S/C15H17FN2/c1-2-9-18-15(12-7-10-17-11-8-12)13-5-3-4-6-14(13)16/h3-8,10-11,15,18H,2,9H2,1H3. The molecular formula is C15H17FN2. The third kappa shape index (κ3) is 2.93. The Balaban J connectivity index is 2.34. The lowest BCUT2D eigenvalue weighted by Gasteiger charge is -2.19. The summed E-state index contributed by atoms with van der Waals surface area (Å²) in [5.41, 5.74) is 1.71. The molecule has 94 valence electrons. The van der Waals surface area contributed by atoms with Crippen LogP contribution in [-0.4, -0.2) is 11.5 Å². The van der Waals surface area contributed by atoms with Crippen LogP contribution in [0.2, 0.25) is 0 Å². The topological polar surface area (TPSA) is 24.9 Å². The van der Waals surface area contributed by atoms with Gasteiger partial charge in [-0.2, -0.15) is 0 Å². The van der Waals surface area contributed by atoms with Crippen molar-refractivity contribution in [2.75, 3.05) is 6.54 Å². The fourth-order valence-corrected chi connectivity index (χ4v) is 1.96. The van der Waals surface area contributed by atoms with E-state index in [2.05, 4.69) is 17.2 Å². The van der Waals surface area contributed by atoms with Crippen molar-refractivity contribution in [3.63, 3.8) is 0 Å². The van der Waals surface area contributed by atoms with Gasteiger partial charge in [-0.1, -0.05) is 25.1 Å². The van der Waals surface area contributed by atoms with Crippen molar-refractivity contribution in [3.05, 3.63) is 65.7 Å². The average Bonchev–Trinajstić information content (AvgIpc) is 2.42. The van der Waals surface area contributed by atoms with E-state index in [1.165, 1.54) is 6.07 Å². The Bertz CT molecular complexity index is 485. The number of nitrogens with one attached hydrogen (secondary N) is 1. The third-order valence-corrected chi connectivity index (χ3v) is 2.85. The van der Waals surface area contributed by atoms with E-state index in [1.54, 1.807) is 18.5 Å². The first-order valence-electron chi connectivity index (χ1n) is 6.20. The Hall–Kier alpha value is -1.74. The molecule has 18 heavy (non-hydrogen) atoms. The van der Waals surface area contributed by atoms with Crippen LogP contribution in [0.1, 0.15) is 30.5 Å². The Labute approximate surface area is 107 Å². The van der Waals surface area contributed by atoms with E-state index < -0.39 is 0 Å². The molecule has 1 atom stereocenters. The van der Waals surface area contributed by atoms with Crippen LogP contribution in [-0.2, 0) is 0 Å². The smallest absolute Gasteiger partial charge is 0.128 e. The van der Waals surface area contributed by atoms with Crippen molar-refractivity contribution >= 4 is 0 Å². The molecule has 1 heterocycles. The van der Waals surface area contributed by atoms with Crippen LogP contribution in [0.4, 0.5) is 4.39 Å². The van der Waals surface area contributed by atoms with Crippen LogP contribution in [0.5, 0.6) is 0 Å². The van der Waals surface area contributed by atoms with E-state index >= 15 is 0 Å². The van der Waals surface area contributed by atoms with Crippen molar-refractivity contribution in [3.8, 4) is 0 Å². The quantitative estimate of drug-likeness (QED) is 0.872. The second-order valence-corrected chi connectivity index (χ2v) is 4.19. The van der Waals surface area contributed by atoms with E-state index in [-0.39, 0.29) is 11.9 Å². The summed E-state index contributed by atoms with van der Waals surface area (Å²) in [5.74, 6) is -0.178. The Morgan fingerprint density at radius 2 is 1.89 bits per heavy atom. The van der Waals surface area contributed by atoms with Gasteiger partial charge in [0.2, 0.25) is 0 Å². The van der Waals surface area contributed by atoms with Crippen molar-refractivity contribution < 1.29 is 4.39 Å². The fourth-order valence-electron chi connectivity index (χ4n) is 1.96. The second kappa shape index (κ2) is 6.26. The monoisotopic (exact) mass is 244 g/mol. The molecule has 1 N–H and O–H groups in total.